The van der Waals surface area contributed by atoms with Crippen LogP contribution in [0.25, 0.3) is 0 Å². The molecule has 2 nitrogen and oxygen atoms in total. The Morgan fingerprint density at radius 2 is 2.27 bits per heavy atom. The summed E-state index contributed by atoms with van der Waals surface area (Å²) < 4.78 is 5.97. The SMILES string of the molecule is Cc1ncccc1OC1CC(Br)C1(C)C. The zero-order valence-corrected chi connectivity index (χ0v) is 10.9. The first-order valence-electron chi connectivity index (χ1n) is 5.24. The maximum Gasteiger partial charge on any atom is 0.140 e. The molecule has 2 rings (SSSR count). The standard InChI is InChI=1S/C12H16BrNO/c1-8-9(5-4-6-14-8)15-11-7-10(13)12(11,2)3/h4-6,10-11H,7H2,1-3H3. The number of hydrogen-bond acceptors (Lipinski definition) is 2. The molecule has 2 unspecified atom stereocenters. The topological polar surface area (TPSA) is 22.1 Å². The fraction of sp³-hybridized carbons (Fsp3) is 0.583. The van der Waals surface area contributed by atoms with Gasteiger partial charge in [-0.15, -0.1) is 0 Å². The largest absolute Gasteiger partial charge is 0.488 e. The predicted octanol–water partition coefficient (Wildman–Crippen LogP) is 3.33. The summed E-state index contributed by atoms with van der Waals surface area (Å²) in [6.07, 6.45) is 3.16. The van der Waals surface area contributed by atoms with E-state index in [-0.39, 0.29) is 5.41 Å². The molecule has 0 radical (unpaired) electrons. The van der Waals surface area contributed by atoms with E-state index in [1.165, 1.54) is 0 Å². The monoisotopic (exact) mass is 269 g/mol. The van der Waals surface area contributed by atoms with E-state index in [2.05, 4.69) is 34.8 Å². The quantitative estimate of drug-likeness (QED) is 0.769. The Morgan fingerprint density at radius 3 is 2.80 bits per heavy atom. The van der Waals surface area contributed by atoms with Crippen LogP contribution in [0.15, 0.2) is 18.3 Å². The van der Waals surface area contributed by atoms with Gasteiger partial charge in [0.05, 0.1) is 5.69 Å². The summed E-state index contributed by atoms with van der Waals surface area (Å²) in [7, 11) is 0. The first-order valence-corrected chi connectivity index (χ1v) is 6.15. The van der Waals surface area contributed by atoms with Crippen molar-refractivity contribution >= 4 is 15.9 Å². The van der Waals surface area contributed by atoms with Crippen LogP contribution in [0.1, 0.15) is 26.0 Å². The molecule has 1 saturated carbocycles. The molecule has 0 spiro atoms. The molecule has 1 aliphatic carbocycles. The highest BCUT2D eigenvalue weighted by Gasteiger charge is 2.48. The molecule has 2 atom stereocenters. The summed E-state index contributed by atoms with van der Waals surface area (Å²) in [5.41, 5.74) is 1.17. The molecule has 0 bridgehead atoms. The Hall–Kier alpha value is -0.570. The molecule has 15 heavy (non-hydrogen) atoms. The van der Waals surface area contributed by atoms with Gasteiger partial charge in [-0.05, 0) is 25.5 Å². The molecular weight excluding hydrogens is 254 g/mol. The van der Waals surface area contributed by atoms with Crippen LogP contribution in [0.5, 0.6) is 5.75 Å². The zero-order chi connectivity index (χ0) is 11.1. The van der Waals surface area contributed by atoms with E-state index < -0.39 is 0 Å². The normalized spacial score (nSPS) is 28.3. The highest BCUT2D eigenvalue weighted by atomic mass is 79.9. The third-order valence-electron chi connectivity index (χ3n) is 3.29. The fourth-order valence-electron chi connectivity index (χ4n) is 1.78. The number of aromatic nitrogens is 1. The van der Waals surface area contributed by atoms with E-state index in [4.69, 9.17) is 4.74 Å². The number of hydrogen-bond donors (Lipinski definition) is 0. The number of nitrogens with zero attached hydrogens (tertiary/aromatic N) is 1. The molecule has 1 fully saturated rings. The van der Waals surface area contributed by atoms with E-state index >= 15 is 0 Å². The van der Waals surface area contributed by atoms with Gasteiger partial charge in [-0.2, -0.15) is 0 Å². The lowest BCUT2D eigenvalue weighted by Gasteiger charge is -2.48. The average Bonchev–Trinajstić information content (AvgIpc) is 2.20. The van der Waals surface area contributed by atoms with Crippen molar-refractivity contribution in [1.29, 1.82) is 0 Å². The van der Waals surface area contributed by atoms with Crippen molar-refractivity contribution < 1.29 is 4.74 Å². The minimum Gasteiger partial charge on any atom is -0.488 e. The molecule has 0 aliphatic heterocycles. The van der Waals surface area contributed by atoms with Gasteiger partial charge in [0.25, 0.3) is 0 Å². The van der Waals surface area contributed by atoms with Crippen molar-refractivity contribution in [2.45, 2.75) is 38.1 Å². The van der Waals surface area contributed by atoms with Crippen LogP contribution in [-0.2, 0) is 0 Å². The van der Waals surface area contributed by atoms with Crippen LogP contribution in [0.2, 0.25) is 0 Å². The maximum absolute atomic E-state index is 5.97. The third kappa shape index (κ3) is 1.89. The second-order valence-corrected chi connectivity index (χ2v) is 5.82. The van der Waals surface area contributed by atoms with Gasteiger partial charge in [0.15, 0.2) is 0 Å². The molecule has 0 amide bonds. The van der Waals surface area contributed by atoms with Crippen LogP contribution < -0.4 is 4.74 Å². The molecule has 0 N–H and O–H groups in total. The number of ether oxygens (including phenoxy) is 1. The van der Waals surface area contributed by atoms with Crippen LogP contribution in [0, 0.1) is 12.3 Å². The lowest BCUT2D eigenvalue weighted by atomic mass is 9.69. The number of pyridine rings is 1. The fourth-order valence-corrected chi connectivity index (χ4v) is 2.42. The number of aryl methyl sites for hydroxylation is 1. The van der Waals surface area contributed by atoms with Crippen molar-refractivity contribution in [3.8, 4) is 5.75 Å². The second-order valence-electron chi connectivity index (χ2n) is 4.72. The van der Waals surface area contributed by atoms with Gasteiger partial charge in [0.2, 0.25) is 0 Å². The van der Waals surface area contributed by atoms with Gasteiger partial charge in [-0.25, -0.2) is 0 Å². The van der Waals surface area contributed by atoms with E-state index in [0.717, 1.165) is 17.9 Å². The van der Waals surface area contributed by atoms with Gasteiger partial charge in [0.1, 0.15) is 11.9 Å². The minimum atomic E-state index is 0.211. The van der Waals surface area contributed by atoms with Crippen LogP contribution in [0.3, 0.4) is 0 Å². The minimum absolute atomic E-state index is 0.211. The van der Waals surface area contributed by atoms with Crippen molar-refractivity contribution in [2.24, 2.45) is 5.41 Å². The third-order valence-corrected chi connectivity index (χ3v) is 4.84. The molecule has 1 aromatic heterocycles. The molecule has 3 heteroatoms. The maximum atomic E-state index is 5.97. The van der Waals surface area contributed by atoms with Crippen molar-refractivity contribution in [3.63, 3.8) is 0 Å². The Morgan fingerprint density at radius 1 is 1.53 bits per heavy atom. The van der Waals surface area contributed by atoms with Gasteiger partial charge in [-0.3, -0.25) is 4.98 Å². The van der Waals surface area contributed by atoms with Gasteiger partial charge < -0.3 is 4.74 Å². The Balaban J connectivity index is 2.08. The summed E-state index contributed by atoms with van der Waals surface area (Å²) >= 11 is 3.66. The highest BCUT2D eigenvalue weighted by molar-refractivity contribution is 9.09. The summed E-state index contributed by atoms with van der Waals surface area (Å²) in [6, 6.07) is 3.90. The van der Waals surface area contributed by atoms with Crippen molar-refractivity contribution in [1.82, 2.24) is 4.98 Å². The lowest BCUT2D eigenvalue weighted by molar-refractivity contribution is -0.00849. The molecule has 1 aliphatic rings. The van der Waals surface area contributed by atoms with E-state index in [9.17, 15) is 0 Å². The Kier molecular flexibility index (Phi) is 2.75. The van der Waals surface area contributed by atoms with Gasteiger partial charge >= 0.3 is 0 Å². The molecule has 82 valence electrons. The Bertz CT molecular complexity index is 364. The van der Waals surface area contributed by atoms with Crippen LogP contribution >= 0.6 is 15.9 Å². The number of alkyl halides is 1. The second kappa shape index (κ2) is 3.78. The van der Waals surface area contributed by atoms with Crippen LogP contribution in [-0.4, -0.2) is 15.9 Å². The summed E-state index contributed by atoms with van der Waals surface area (Å²) in [6.45, 7) is 6.44. The smallest absolute Gasteiger partial charge is 0.140 e. The number of halogens is 1. The molecule has 0 saturated heterocycles. The zero-order valence-electron chi connectivity index (χ0n) is 9.33. The summed E-state index contributed by atoms with van der Waals surface area (Å²) in [5.74, 6) is 0.912. The van der Waals surface area contributed by atoms with Crippen molar-refractivity contribution in [3.05, 3.63) is 24.0 Å². The lowest BCUT2D eigenvalue weighted by Crippen LogP contribution is -2.53. The first kappa shape index (κ1) is 10.9. The molecule has 1 heterocycles. The van der Waals surface area contributed by atoms with Crippen molar-refractivity contribution in [2.75, 3.05) is 0 Å². The first-order chi connectivity index (χ1) is 7.01. The number of rotatable bonds is 2. The molecule has 1 aromatic rings. The summed E-state index contributed by atoms with van der Waals surface area (Å²) in [4.78, 5) is 4.78. The van der Waals surface area contributed by atoms with E-state index in [1.807, 2.05) is 19.1 Å². The predicted molar refractivity (Wildman–Crippen MR) is 64.5 cm³/mol. The van der Waals surface area contributed by atoms with E-state index in [0.29, 0.717) is 10.9 Å². The van der Waals surface area contributed by atoms with Crippen LogP contribution in [0.4, 0.5) is 0 Å². The highest BCUT2D eigenvalue weighted by Crippen LogP contribution is 2.47. The Labute approximate surface area is 99.2 Å². The van der Waals surface area contributed by atoms with Gasteiger partial charge in [0, 0.05) is 16.4 Å². The summed E-state index contributed by atoms with van der Waals surface area (Å²) in [5, 5.41) is 0. The molecule has 0 aromatic carbocycles. The average molecular weight is 270 g/mol. The molecular formula is C12H16BrNO. The van der Waals surface area contributed by atoms with Gasteiger partial charge in [-0.1, -0.05) is 29.8 Å². The van der Waals surface area contributed by atoms with E-state index in [1.54, 1.807) is 6.20 Å².